The normalized spacial score (nSPS) is 28.6. The molecule has 1 aliphatic carbocycles. The summed E-state index contributed by atoms with van der Waals surface area (Å²) in [5.74, 6) is 1.72. The van der Waals surface area contributed by atoms with Gasteiger partial charge in [0.15, 0.2) is 0 Å². The zero-order valence-electron chi connectivity index (χ0n) is 11.8. The molecule has 0 bridgehead atoms. The lowest BCUT2D eigenvalue weighted by Crippen LogP contribution is -2.36. The number of hydrogen-bond acceptors (Lipinski definition) is 2. The van der Waals surface area contributed by atoms with Gasteiger partial charge >= 0.3 is 0 Å². The lowest BCUT2D eigenvalue weighted by molar-refractivity contribution is 0.224. The van der Waals surface area contributed by atoms with E-state index in [2.05, 4.69) is 40.2 Å². The molecule has 1 aromatic rings. The third-order valence-electron chi connectivity index (χ3n) is 4.42. The zero-order chi connectivity index (χ0) is 13.3. The molecule has 0 spiro atoms. The van der Waals surface area contributed by atoms with Crippen LogP contribution >= 0.6 is 15.9 Å². The second-order valence-electron chi connectivity index (χ2n) is 5.82. The number of nitrogens with one attached hydrogen (secondary N) is 1. The van der Waals surface area contributed by atoms with Gasteiger partial charge < -0.3 is 5.32 Å². The number of hydrogen-bond donors (Lipinski definition) is 1. The van der Waals surface area contributed by atoms with Crippen molar-refractivity contribution < 1.29 is 0 Å². The second-order valence-corrected chi connectivity index (χ2v) is 6.61. The molecule has 1 saturated carbocycles. The highest BCUT2D eigenvalue weighted by molar-refractivity contribution is 9.10. The van der Waals surface area contributed by atoms with Gasteiger partial charge in [0.2, 0.25) is 0 Å². The average molecular weight is 314 g/mol. The number of rotatable bonds is 3. The van der Waals surface area contributed by atoms with E-state index in [9.17, 15) is 0 Å². The van der Waals surface area contributed by atoms with E-state index >= 15 is 0 Å². The lowest BCUT2D eigenvalue weighted by atomic mass is 9.79. The smallest absolute Gasteiger partial charge is 0.0739 e. The summed E-state index contributed by atoms with van der Waals surface area (Å²) in [5.41, 5.74) is 2.32. The Morgan fingerprint density at radius 2 is 2.06 bits per heavy atom. The largest absolute Gasteiger partial charge is 0.308 e. The van der Waals surface area contributed by atoms with Crippen LogP contribution in [0.15, 0.2) is 4.47 Å². The molecule has 3 atom stereocenters. The van der Waals surface area contributed by atoms with Crippen LogP contribution in [-0.4, -0.2) is 15.8 Å². The first-order chi connectivity index (χ1) is 8.49. The Labute approximate surface area is 118 Å². The van der Waals surface area contributed by atoms with Crippen molar-refractivity contribution in [2.45, 2.75) is 52.6 Å². The SMILES string of the molecule is Cc1nn(C)c(CNC2CCC(C)C(C)C2)c1Br. The first-order valence-corrected chi connectivity index (χ1v) is 7.69. The average Bonchev–Trinajstić information content (AvgIpc) is 2.56. The molecule has 3 unspecified atom stereocenters. The minimum Gasteiger partial charge on any atom is -0.308 e. The summed E-state index contributed by atoms with van der Waals surface area (Å²) < 4.78 is 3.12. The minimum absolute atomic E-state index is 0.665. The van der Waals surface area contributed by atoms with Crippen LogP contribution in [0.4, 0.5) is 0 Å². The molecular weight excluding hydrogens is 290 g/mol. The van der Waals surface area contributed by atoms with Gasteiger partial charge in [-0.2, -0.15) is 5.10 Å². The highest BCUT2D eigenvalue weighted by atomic mass is 79.9. The highest BCUT2D eigenvalue weighted by Crippen LogP contribution is 2.29. The van der Waals surface area contributed by atoms with Crippen molar-refractivity contribution in [1.29, 1.82) is 0 Å². The van der Waals surface area contributed by atoms with E-state index in [1.165, 1.54) is 25.0 Å². The predicted molar refractivity (Wildman–Crippen MR) is 78.5 cm³/mol. The fourth-order valence-electron chi connectivity index (χ4n) is 2.85. The Bertz CT molecular complexity index is 413. The van der Waals surface area contributed by atoms with Gasteiger partial charge in [-0.3, -0.25) is 4.68 Å². The van der Waals surface area contributed by atoms with Crippen LogP contribution < -0.4 is 5.32 Å². The first kappa shape index (κ1) is 14.1. The quantitative estimate of drug-likeness (QED) is 0.926. The second kappa shape index (κ2) is 5.74. The van der Waals surface area contributed by atoms with Crippen LogP contribution in [-0.2, 0) is 13.6 Å². The molecule has 4 heteroatoms. The van der Waals surface area contributed by atoms with Gasteiger partial charge in [-0.25, -0.2) is 0 Å². The molecule has 0 radical (unpaired) electrons. The number of halogens is 1. The molecule has 102 valence electrons. The Kier molecular flexibility index (Phi) is 4.49. The summed E-state index contributed by atoms with van der Waals surface area (Å²) in [4.78, 5) is 0. The monoisotopic (exact) mass is 313 g/mol. The lowest BCUT2D eigenvalue weighted by Gasteiger charge is -2.32. The van der Waals surface area contributed by atoms with Crippen LogP contribution in [0.1, 0.15) is 44.5 Å². The van der Waals surface area contributed by atoms with E-state index in [0.717, 1.165) is 28.5 Å². The van der Waals surface area contributed by atoms with Crippen molar-refractivity contribution in [1.82, 2.24) is 15.1 Å². The van der Waals surface area contributed by atoms with Crippen LogP contribution in [0, 0.1) is 18.8 Å². The van der Waals surface area contributed by atoms with Crippen LogP contribution in [0.2, 0.25) is 0 Å². The summed E-state index contributed by atoms with van der Waals surface area (Å²) in [6.07, 6.45) is 3.96. The van der Waals surface area contributed by atoms with Gasteiger partial charge in [0, 0.05) is 19.6 Å². The Morgan fingerprint density at radius 1 is 1.33 bits per heavy atom. The summed E-state index contributed by atoms with van der Waals surface area (Å²) in [5, 5.41) is 8.12. The van der Waals surface area contributed by atoms with E-state index in [4.69, 9.17) is 0 Å². The Hall–Kier alpha value is -0.350. The molecular formula is C14H24BrN3. The maximum Gasteiger partial charge on any atom is 0.0739 e. The molecule has 18 heavy (non-hydrogen) atoms. The molecule has 3 nitrogen and oxygen atoms in total. The number of aromatic nitrogens is 2. The van der Waals surface area contributed by atoms with Gasteiger partial charge in [-0.15, -0.1) is 0 Å². The molecule has 2 rings (SSSR count). The fraction of sp³-hybridized carbons (Fsp3) is 0.786. The summed E-state index contributed by atoms with van der Waals surface area (Å²) >= 11 is 3.62. The molecule has 0 aliphatic heterocycles. The molecule has 1 heterocycles. The van der Waals surface area contributed by atoms with E-state index in [0.29, 0.717) is 6.04 Å². The number of aryl methyl sites for hydroxylation is 2. The maximum atomic E-state index is 4.43. The molecule has 1 N–H and O–H groups in total. The molecule has 0 aromatic carbocycles. The van der Waals surface area contributed by atoms with Gasteiger partial charge in [0.25, 0.3) is 0 Å². The predicted octanol–water partition coefficient (Wildman–Crippen LogP) is 3.41. The van der Waals surface area contributed by atoms with E-state index in [-0.39, 0.29) is 0 Å². The van der Waals surface area contributed by atoms with E-state index < -0.39 is 0 Å². The van der Waals surface area contributed by atoms with Crippen LogP contribution in [0.5, 0.6) is 0 Å². The molecule has 0 saturated heterocycles. The van der Waals surface area contributed by atoms with Crippen molar-refractivity contribution in [2.75, 3.05) is 0 Å². The minimum atomic E-state index is 0.665. The zero-order valence-corrected chi connectivity index (χ0v) is 13.4. The van der Waals surface area contributed by atoms with E-state index in [1.54, 1.807) is 0 Å². The van der Waals surface area contributed by atoms with Crippen molar-refractivity contribution in [3.05, 3.63) is 15.9 Å². The topological polar surface area (TPSA) is 29.9 Å². The Morgan fingerprint density at radius 3 is 2.61 bits per heavy atom. The first-order valence-electron chi connectivity index (χ1n) is 6.90. The molecule has 0 amide bonds. The molecule has 1 aliphatic rings. The van der Waals surface area contributed by atoms with Crippen molar-refractivity contribution in [3.63, 3.8) is 0 Å². The molecule has 1 aromatic heterocycles. The van der Waals surface area contributed by atoms with E-state index in [1.807, 2.05) is 18.7 Å². The van der Waals surface area contributed by atoms with Gasteiger partial charge in [0.1, 0.15) is 0 Å². The van der Waals surface area contributed by atoms with Crippen molar-refractivity contribution in [2.24, 2.45) is 18.9 Å². The van der Waals surface area contributed by atoms with Crippen molar-refractivity contribution in [3.8, 4) is 0 Å². The molecule has 1 fully saturated rings. The fourth-order valence-corrected chi connectivity index (χ4v) is 3.32. The van der Waals surface area contributed by atoms with Crippen molar-refractivity contribution >= 4 is 15.9 Å². The highest BCUT2D eigenvalue weighted by Gasteiger charge is 2.24. The standard InChI is InChI=1S/C14H24BrN3/c1-9-5-6-12(7-10(9)2)16-8-13-14(15)11(3)17-18(13)4/h9-10,12,16H,5-8H2,1-4H3. The Balaban J connectivity index is 1.92. The summed E-state index contributed by atoms with van der Waals surface area (Å²) in [6, 6.07) is 0.665. The van der Waals surface area contributed by atoms with Gasteiger partial charge in [0.05, 0.1) is 15.9 Å². The third kappa shape index (κ3) is 2.97. The number of nitrogens with zero attached hydrogens (tertiary/aromatic N) is 2. The maximum absolute atomic E-state index is 4.43. The van der Waals surface area contributed by atoms with Gasteiger partial charge in [-0.1, -0.05) is 13.8 Å². The summed E-state index contributed by atoms with van der Waals surface area (Å²) in [6.45, 7) is 7.70. The third-order valence-corrected chi connectivity index (χ3v) is 5.45. The van der Waals surface area contributed by atoms with Gasteiger partial charge in [-0.05, 0) is 54.0 Å². The summed E-state index contributed by atoms with van der Waals surface area (Å²) in [7, 11) is 2.01. The van der Waals surface area contributed by atoms with Crippen LogP contribution in [0.3, 0.4) is 0 Å². The van der Waals surface area contributed by atoms with Crippen LogP contribution in [0.25, 0.3) is 0 Å².